The van der Waals surface area contributed by atoms with Gasteiger partial charge in [-0.1, -0.05) is 28.1 Å². The van der Waals surface area contributed by atoms with Crippen LogP contribution in [0.1, 0.15) is 15.9 Å². The number of hydrogen-bond acceptors (Lipinski definition) is 3. The molecule has 0 radical (unpaired) electrons. The van der Waals surface area contributed by atoms with Crippen LogP contribution in [0.3, 0.4) is 0 Å². The fourth-order valence-corrected chi connectivity index (χ4v) is 1.94. The molecule has 6 heteroatoms. The van der Waals surface area contributed by atoms with Gasteiger partial charge < -0.3 is 0 Å². The highest BCUT2D eigenvalue weighted by molar-refractivity contribution is 9.10. The predicted molar refractivity (Wildman–Crippen MR) is 81.1 cm³/mol. The summed E-state index contributed by atoms with van der Waals surface area (Å²) in [7, 11) is 0. The van der Waals surface area contributed by atoms with Gasteiger partial charge in [0.2, 0.25) is 0 Å². The van der Waals surface area contributed by atoms with Crippen molar-refractivity contribution in [3.05, 3.63) is 62.8 Å². The molecular weight excluding hydrogens is 374 g/mol. The van der Waals surface area contributed by atoms with E-state index >= 15 is 0 Å². The van der Waals surface area contributed by atoms with Gasteiger partial charge in [-0.15, -0.1) is 0 Å². The summed E-state index contributed by atoms with van der Waals surface area (Å²) in [6, 6.07) is 9.26. The van der Waals surface area contributed by atoms with Gasteiger partial charge in [0.05, 0.1) is 11.8 Å². The number of nitrogens with one attached hydrogen (secondary N) is 1. The van der Waals surface area contributed by atoms with E-state index in [1.165, 1.54) is 6.20 Å². The van der Waals surface area contributed by atoms with Crippen molar-refractivity contribution in [1.82, 2.24) is 10.4 Å². The van der Waals surface area contributed by atoms with Crippen LogP contribution in [0, 0.1) is 0 Å². The molecule has 0 saturated heterocycles. The first-order valence-electron chi connectivity index (χ1n) is 5.35. The van der Waals surface area contributed by atoms with Crippen molar-refractivity contribution < 1.29 is 4.79 Å². The molecule has 0 saturated carbocycles. The summed E-state index contributed by atoms with van der Waals surface area (Å²) in [4.78, 5) is 15.7. The van der Waals surface area contributed by atoms with Crippen LogP contribution in [0.5, 0.6) is 0 Å². The Morgan fingerprint density at radius 3 is 2.58 bits per heavy atom. The second kappa shape index (κ2) is 6.58. The molecule has 1 heterocycles. The average Bonchev–Trinajstić information content (AvgIpc) is 2.41. The summed E-state index contributed by atoms with van der Waals surface area (Å²) in [5.74, 6) is -0.304. The smallest absolute Gasteiger partial charge is 0.267 e. The van der Waals surface area contributed by atoms with E-state index in [9.17, 15) is 4.79 Å². The summed E-state index contributed by atoms with van der Waals surface area (Å²) in [6.45, 7) is 0. The number of rotatable bonds is 3. The van der Waals surface area contributed by atoms with E-state index in [-0.39, 0.29) is 5.91 Å². The van der Waals surface area contributed by atoms with Crippen LogP contribution in [0.15, 0.2) is 56.8 Å². The molecule has 19 heavy (non-hydrogen) atoms. The van der Waals surface area contributed by atoms with Crippen LogP contribution < -0.4 is 5.43 Å². The lowest BCUT2D eigenvalue weighted by molar-refractivity contribution is 0.0954. The molecule has 4 nitrogen and oxygen atoms in total. The van der Waals surface area contributed by atoms with E-state index in [0.29, 0.717) is 5.56 Å². The zero-order valence-corrected chi connectivity index (χ0v) is 12.8. The molecule has 0 atom stereocenters. The maximum absolute atomic E-state index is 11.7. The SMILES string of the molecule is O=C(NN=Cc1ccc(Br)cc1)c1cncc(Br)c1. The Morgan fingerprint density at radius 2 is 1.89 bits per heavy atom. The molecule has 2 aromatic rings. The standard InChI is InChI=1S/C13H9Br2N3O/c14-11-3-1-9(2-4-11)6-17-18-13(19)10-5-12(15)8-16-7-10/h1-8H,(H,18,19). The van der Waals surface area contributed by atoms with Gasteiger partial charge in [-0.25, -0.2) is 5.43 Å². The highest BCUT2D eigenvalue weighted by Gasteiger charge is 2.04. The van der Waals surface area contributed by atoms with Gasteiger partial charge in [0.15, 0.2) is 0 Å². The van der Waals surface area contributed by atoms with Crippen molar-refractivity contribution in [2.24, 2.45) is 5.10 Å². The zero-order valence-electron chi connectivity index (χ0n) is 9.68. The molecule has 96 valence electrons. The third kappa shape index (κ3) is 4.25. The van der Waals surface area contributed by atoms with Gasteiger partial charge >= 0.3 is 0 Å². The molecule has 1 amide bonds. The van der Waals surface area contributed by atoms with Crippen LogP contribution >= 0.6 is 31.9 Å². The van der Waals surface area contributed by atoms with Crippen molar-refractivity contribution >= 4 is 44.0 Å². The number of carbonyl (C=O) groups excluding carboxylic acids is 1. The van der Waals surface area contributed by atoms with Crippen LogP contribution in [-0.4, -0.2) is 17.1 Å². The summed E-state index contributed by atoms with van der Waals surface area (Å²) >= 11 is 6.61. The molecule has 0 unspecified atom stereocenters. The van der Waals surface area contributed by atoms with E-state index < -0.39 is 0 Å². The Labute approximate surface area is 127 Å². The van der Waals surface area contributed by atoms with Crippen LogP contribution in [0.2, 0.25) is 0 Å². The molecule has 0 spiro atoms. The molecule has 1 aromatic carbocycles. The number of hydrogen-bond donors (Lipinski definition) is 1. The monoisotopic (exact) mass is 381 g/mol. The van der Waals surface area contributed by atoms with Gasteiger partial charge in [0, 0.05) is 21.3 Å². The van der Waals surface area contributed by atoms with Gasteiger partial charge in [-0.05, 0) is 39.7 Å². The number of nitrogens with zero attached hydrogens (tertiary/aromatic N) is 2. The maximum Gasteiger partial charge on any atom is 0.272 e. The Kier molecular flexibility index (Phi) is 4.81. The average molecular weight is 383 g/mol. The molecule has 1 N–H and O–H groups in total. The molecule has 0 aliphatic heterocycles. The molecule has 0 aliphatic rings. The van der Waals surface area contributed by atoms with Crippen LogP contribution in [0.25, 0.3) is 0 Å². The van der Waals surface area contributed by atoms with E-state index in [2.05, 4.69) is 47.4 Å². The first-order chi connectivity index (χ1) is 9.15. The summed E-state index contributed by atoms with van der Waals surface area (Å²) in [5, 5.41) is 3.89. The zero-order chi connectivity index (χ0) is 13.7. The van der Waals surface area contributed by atoms with Gasteiger partial charge in [-0.2, -0.15) is 5.10 Å². The predicted octanol–water partition coefficient (Wildman–Crippen LogP) is 3.37. The topological polar surface area (TPSA) is 54.4 Å². The number of amides is 1. The Bertz CT molecular complexity index is 612. The Hall–Kier alpha value is -1.53. The molecular formula is C13H9Br2N3O. The Morgan fingerprint density at radius 1 is 1.16 bits per heavy atom. The van der Waals surface area contributed by atoms with Crippen molar-refractivity contribution in [3.8, 4) is 0 Å². The fourth-order valence-electron chi connectivity index (χ4n) is 1.31. The summed E-state index contributed by atoms with van der Waals surface area (Å²) in [5.41, 5.74) is 3.79. The van der Waals surface area contributed by atoms with Crippen LogP contribution in [0.4, 0.5) is 0 Å². The fraction of sp³-hybridized carbons (Fsp3) is 0. The number of pyridine rings is 1. The number of benzene rings is 1. The van der Waals surface area contributed by atoms with Crippen molar-refractivity contribution in [3.63, 3.8) is 0 Å². The molecule has 0 fully saturated rings. The molecule has 0 bridgehead atoms. The van der Waals surface area contributed by atoms with Crippen molar-refractivity contribution in [2.75, 3.05) is 0 Å². The Balaban J connectivity index is 1.98. The first kappa shape index (κ1) is 13.9. The van der Waals surface area contributed by atoms with Gasteiger partial charge in [0.1, 0.15) is 0 Å². The highest BCUT2D eigenvalue weighted by atomic mass is 79.9. The summed E-state index contributed by atoms with van der Waals surface area (Å²) < 4.78 is 1.74. The minimum Gasteiger partial charge on any atom is -0.267 e. The van der Waals surface area contributed by atoms with Crippen LogP contribution in [-0.2, 0) is 0 Å². The molecule has 2 rings (SSSR count). The lowest BCUT2D eigenvalue weighted by Gasteiger charge is -1.99. The first-order valence-corrected chi connectivity index (χ1v) is 6.93. The van der Waals surface area contributed by atoms with Gasteiger partial charge in [0.25, 0.3) is 5.91 Å². The highest BCUT2D eigenvalue weighted by Crippen LogP contribution is 2.10. The minimum atomic E-state index is -0.304. The van der Waals surface area contributed by atoms with E-state index in [4.69, 9.17) is 0 Å². The molecule has 0 aliphatic carbocycles. The normalized spacial score (nSPS) is 10.6. The largest absolute Gasteiger partial charge is 0.272 e. The minimum absolute atomic E-state index is 0.304. The quantitative estimate of drug-likeness (QED) is 0.653. The van der Waals surface area contributed by atoms with E-state index in [1.807, 2.05) is 24.3 Å². The second-order valence-electron chi connectivity index (χ2n) is 3.64. The van der Waals surface area contributed by atoms with E-state index in [0.717, 1.165) is 14.5 Å². The lowest BCUT2D eigenvalue weighted by Crippen LogP contribution is -2.17. The van der Waals surface area contributed by atoms with Crippen molar-refractivity contribution in [1.29, 1.82) is 0 Å². The lowest BCUT2D eigenvalue weighted by atomic mass is 10.2. The van der Waals surface area contributed by atoms with Crippen molar-refractivity contribution in [2.45, 2.75) is 0 Å². The van der Waals surface area contributed by atoms with E-state index in [1.54, 1.807) is 18.5 Å². The summed E-state index contributed by atoms with van der Waals surface area (Å²) in [6.07, 6.45) is 4.67. The molecule has 1 aromatic heterocycles. The second-order valence-corrected chi connectivity index (χ2v) is 5.47. The third-order valence-electron chi connectivity index (χ3n) is 2.22. The van der Waals surface area contributed by atoms with Gasteiger partial charge in [-0.3, -0.25) is 9.78 Å². The number of aromatic nitrogens is 1. The third-order valence-corrected chi connectivity index (χ3v) is 3.18. The number of hydrazone groups is 1. The maximum atomic E-state index is 11.7. The number of carbonyl (C=O) groups is 1. The number of halogens is 2.